The van der Waals surface area contributed by atoms with Gasteiger partial charge in [0.15, 0.2) is 0 Å². The number of methoxy groups -OCH3 is 1. The van der Waals surface area contributed by atoms with E-state index in [1.807, 2.05) is 42.2 Å². The Kier molecular flexibility index (Phi) is 10.1. The van der Waals surface area contributed by atoms with Gasteiger partial charge in [-0.3, -0.25) is 4.79 Å². The fourth-order valence-corrected chi connectivity index (χ4v) is 5.91. The van der Waals surface area contributed by atoms with Crippen LogP contribution in [0.1, 0.15) is 39.5 Å². The molecule has 2 aromatic rings. The maximum Gasteiger partial charge on any atom is 0.389 e. The molecule has 226 valence electrons. The topological polar surface area (TPSA) is 84.4 Å². The number of piperidine rings is 1. The summed E-state index contributed by atoms with van der Waals surface area (Å²) in [5, 5.41) is 10.1. The summed E-state index contributed by atoms with van der Waals surface area (Å²) in [7, 11) is 1.57. The van der Waals surface area contributed by atoms with Gasteiger partial charge in [-0.25, -0.2) is 4.98 Å². The van der Waals surface area contributed by atoms with Gasteiger partial charge >= 0.3 is 12.1 Å². The molecule has 3 heterocycles. The van der Waals surface area contributed by atoms with E-state index in [4.69, 9.17) is 25.8 Å². The number of aliphatic carboxylic acids is 1. The molecule has 2 aliphatic rings. The van der Waals surface area contributed by atoms with Crippen LogP contribution >= 0.6 is 11.6 Å². The molecule has 4 rings (SSSR count). The molecule has 8 nitrogen and oxygen atoms in total. The minimum atomic E-state index is -4.22. The van der Waals surface area contributed by atoms with E-state index >= 15 is 0 Å². The molecule has 0 amide bonds. The predicted molar refractivity (Wildman–Crippen MR) is 150 cm³/mol. The van der Waals surface area contributed by atoms with Crippen molar-refractivity contribution in [3.8, 4) is 11.6 Å². The second-order valence-corrected chi connectivity index (χ2v) is 11.3. The van der Waals surface area contributed by atoms with E-state index in [0.717, 1.165) is 30.9 Å². The zero-order chi connectivity index (χ0) is 29.7. The number of halogens is 4. The number of carboxylic acids is 1. The molecule has 1 aromatic carbocycles. The molecule has 0 radical (unpaired) electrons. The van der Waals surface area contributed by atoms with Crippen molar-refractivity contribution in [1.82, 2.24) is 4.98 Å². The first kappa shape index (κ1) is 31.0. The summed E-state index contributed by atoms with van der Waals surface area (Å²) in [6.07, 6.45) is -3.31. The number of nitrogens with zero attached hydrogens (tertiary/aromatic N) is 3. The number of aromatic nitrogens is 1. The van der Waals surface area contributed by atoms with Crippen LogP contribution in [-0.2, 0) is 9.53 Å². The molecule has 41 heavy (non-hydrogen) atoms. The smallest absolute Gasteiger partial charge is 0.389 e. The number of benzene rings is 1. The first-order valence-electron chi connectivity index (χ1n) is 13.8. The van der Waals surface area contributed by atoms with Crippen LogP contribution in [0.3, 0.4) is 0 Å². The van der Waals surface area contributed by atoms with Gasteiger partial charge in [-0.15, -0.1) is 0 Å². The van der Waals surface area contributed by atoms with Crippen LogP contribution in [0.5, 0.6) is 11.6 Å². The fraction of sp³-hybridized carbons (Fsp3) is 0.586. The second kappa shape index (κ2) is 13.4. The van der Waals surface area contributed by atoms with Gasteiger partial charge in [-0.1, -0.05) is 25.4 Å². The third-order valence-electron chi connectivity index (χ3n) is 7.93. The first-order chi connectivity index (χ1) is 19.4. The number of hydrogen-bond acceptors (Lipinski definition) is 7. The van der Waals surface area contributed by atoms with Crippen LogP contribution in [0, 0.1) is 11.8 Å². The Hall–Kier alpha value is -2.92. The normalized spacial score (nSPS) is 24.9. The Labute approximate surface area is 243 Å². The first-order valence-corrected chi connectivity index (χ1v) is 14.2. The van der Waals surface area contributed by atoms with Crippen LogP contribution in [0.15, 0.2) is 36.5 Å². The van der Waals surface area contributed by atoms with Gasteiger partial charge in [0, 0.05) is 68.7 Å². The van der Waals surface area contributed by atoms with Crippen LogP contribution < -0.4 is 19.3 Å². The minimum absolute atomic E-state index is 0.000606. The number of alkyl halides is 3. The second-order valence-electron chi connectivity index (χ2n) is 10.8. The van der Waals surface area contributed by atoms with Gasteiger partial charge in [0.1, 0.15) is 11.9 Å². The molecule has 0 bridgehead atoms. The summed E-state index contributed by atoms with van der Waals surface area (Å²) in [5.74, 6) is 0.343. The van der Waals surface area contributed by atoms with Crippen molar-refractivity contribution in [2.75, 3.05) is 43.2 Å². The summed E-state index contributed by atoms with van der Waals surface area (Å²) in [6, 6.07) is 9.04. The molecule has 12 heteroatoms. The van der Waals surface area contributed by atoms with E-state index < -0.39 is 18.6 Å². The lowest BCUT2D eigenvalue weighted by atomic mass is 9.96. The quantitative estimate of drug-likeness (QED) is 0.312. The molecular weight excluding hydrogens is 563 g/mol. The van der Waals surface area contributed by atoms with E-state index in [-0.39, 0.29) is 49.5 Å². The number of pyridine rings is 1. The highest BCUT2D eigenvalue weighted by atomic mass is 35.5. The van der Waals surface area contributed by atoms with Crippen LogP contribution in [-0.4, -0.2) is 73.8 Å². The summed E-state index contributed by atoms with van der Waals surface area (Å²) in [4.78, 5) is 19.9. The third kappa shape index (κ3) is 8.09. The standard InChI is InChI=1S/C29H37ClF3N3O5/c1-18-16-35(24-13-27(39-3)34-15-22(24)30)11-9-25(18)41-21-7-5-20(6-8-21)36-17-26(19(2)23(36)14-28(37)38)40-12-4-10-29(31,32)33/h5-8,13,15,18-19,23,25-26H,4,9-12,14,16-17H2,1-3H3,(H,37,38)/t18?,19-,23-,25?,26-/m0/s1. The van der Waals surface area contributed by atoms with E-state index in [2.05, 4.69) is 16.8 Å². The fourth-order valence-electron chi connectivity index (χ4n) is 5.68. The Morgan fingerprint density at radius 1 is 1.17 bits per heavy atom. The number of carboxylic acid groups (broad SMARTS) is 1. The van der Waals surface area contributed by atoms with Crippen molar-refractivity contribution in [3.63, 3.8) is 0 Å². The van der Waals surface area contributed by atoms with Crippen molar-refractivity contribution < 1.29 is 37.3 Å². The molecule has 1 aromatic heterocycles. The average Bonchev–Trinajstić information content (AvgIpc) is 3.22. The van der Waals surface area contributed by atoms with Crippen molar-refractivity contribution in [2.45, 2.75) is 64.0 Å². The Morgan fingerprint density at radius 3 is 2.54 bits per heavy atom. The summed E-state index contributed by atoms with van der Waals surface area (Å²) >= 11 is 6.40. The highest BCUT2D eigenvalue weighted by Gasteiger charge is 2.41. The van der Waals surface area contributed by atoms with Crippen LogP contribution in [0.2, 0.25) is 5.02 Å². The lowest BCUT2D eigenvalue weighted by Gasteiger charge is -2.38. The summed E-state index contributed by atoms with van der Waals surface area (Å²) in [5.41, 5.74) is 1.70. The van der Waals surface area contributed by atoms with Gasteiger partial charge in [-0.2, -0.15) is 13.2 Å². The molecule has 0 saturated carbocycles. The Bertz CT molecular complexity index is 1170. The third-order valence-corrected chi connectivity index (χ3v) is 8.22. The largest absolute Gasteiger partial charge is 0.490 e. The Morgan fingerprint density at radius 2 is 1.90 bits per heavy atom. The molecule has 2 aliphatic heterocycles. The number of anilines is 2. The number of carbonyl (C=O) groups is 1. The van der Waals surface area contributed by atoms with E-state index in [1.54, 1.807) is 13.3 Å². The zero-order valence-corrected chi connectivity index (χ0v) is 24.2. The Balaban J connectivity index is 1.36. The van der Waals surface area contributed by atoms with E-state index in [1.165, 1.54) is 0 Å². The van der Waals surface area contributed by atoms with Gasteiger partial charge in [0.05, 0.1) is 36.5 Å². The lowest BCUT2D eigenvalue weighted by molar-refractivity contribution is -0.140. The minimum Gasteiger partial charge on any atom is -0.490 e. The number of hydrogen-bond donors (Lipinski definition) is 1. The van der Waals surface area contributed by atoms with Gasteiger partial charge in [0.25, 0.3) is 0 Å². The average molecular weight is 600 g/mol. The van der Waals surface area contributed by atoms with Gasteiger partial charge in [-0.05, 0) is 30.7 Å². The predicted octanol–water partition coefficient (Wildman–Crippen LogP) is 6.06. The van der Waals surface area contributed by atoms with E-state index in [0.29, 0.717) is 23.2 Å². The molecule has 2 fully saturated rings. The SMILES string of the molecule is COc1cc(N2CCC(Oc3ccc(N4C[C@H](OCCCC(F)(F)F)[C@@H](C)[C@@H]4CC(=O)O)cc3)C(C)C2)c(Cl)cn1. The van der Waals surface area contributed by atoms with Crippen LogP contribution in [0.4, 0.5) is 24.5 Å². The van der Waals surface area contributed by atoms with Crippen molar-refractivity contribution in [2.24, 2.45) is 11.8 Å². The van der Waals surface area contributed by atoms with Gasteiger partial charge in [0.2, 0.25) is 5.88 Å². The molecule has 2 saturated heterocycles. The maximum atomic E-state index is 12.5. The highest BCUT2D eigenvalue weighted by Crippen LogP contribution is 2.36. The monoisotopic (exact) mass is 599 g/mol. The van der Waals surface area contributed by atoms with E-state index in [9.17, 15) is 23.1 Å². The van der Waals surface area contributed by atoms with Crippen LogP contribution in [0.25, 0.3) is 0 Å². The molecule has 0 aliphatic carbocycles. The van der Waals surface area contributed by atoms with Crippen molar-refractivity contribution in [3.05, 3.63) is 41.6 Å². The number of rotatable bonds is 11. The lowest BCUT2D eigenvalue weighted by Crippen LogP contribution is -2.44. The molecule has 2 unspecified atom stereocenters. The van der Waals surface area contributed by atoms with Gasteiger partial charge < -0.3 is 29.1 Å². The highest BCUT2D eigenvalue weighted by molar-refractivity contribution is 6.33. The summed E-state index contributed by atoms with van der Waals surface area (Å²) in [6.45, 7) is 5.92. The molecule has 0 spiro atoms. The summed E-state index contributed by atoms with van der Waals surface area (Å²) < 4.78 is 54.9. The number of ether oxygens (including phenoxy) is 3. The maximum absolute atomic E-state index is 12.5. The zero-order valence-electron chi connectivity index (χ0n) is 23.4. The molecule has 5 atom stereocenters. The van der Waals surface area contributed by atoms with Crippen molar-refractivity contribution >= 4 is 28.9 Å². The van der Waals surface area contributed by atoms with Crippen molar-refractivity contribution in [1.29, 1.82) is 0 Å². The molecular formula is C29H37ClF3N3O5. The molecule has 1 N–H and O–H groups in total.